The molecule has 0 saturated carbocycles. The maximum absolute atomic E-state index is 11.9. The molecule has 0 radical (unpaired) electrons. The van der Waals surface area contributed by atoms with Crippen molar-refractivity contribution in [3.8, 4) is 5.75 Å². The first kappa shape index (κ1) is 12.3. The van der Waals surface area contributed by atoms with Crippen molar-refractivity contribution in [3.63, 3.8) is 0 Å². The van der Waals surface area contributed by atoms with Gasteiger partial charge in [0.05, 0.1) is 5.52 Å². The Morgan fingerprint density at radius 3 is 2.82 bits per heavy atom. The molecule has 2 aromatic rings. The minimum Gasteiger partial charge on any atom is -0.503 e. The lowest BCUT2D eigenvalue weighted by molar-refractivity contribution is 0.466. The number of aromatic amines is 1. The normalized spacial score (nSPS) is 12.9. The molecule has 1 aromatic heterocycles. The van der Waals surface area contributed by atoms with Crippen LogP contribution in [-0.2, 0) is 10.9 Å². The van der Waals surface area contributed by atoms with Crippen LogP contribution in [0.1, 0.15) is 6.92 Å². The van der Waals surface area contributed by atoms with Crippen molar-refractivity contribution in [2.45, 2.75) is 11.8 Å². The molecule has 0 aliphatic carbocycles. The third kappa shape index (κ3) is 2.15. The Morgan fingerprint density at radius 1 is 1.47 bits per heavy atom. The molecule has 1 heterocycles. The van der Waals surface area contributed by atoms with E-state index in [2.05, 4.69) is 4.98 Å². The molecule has 0 fully saturated rings. The first-order chi connectivity index (χ1) is 8.04. The van der Waals surface area contributed by atoms with Crippen LogP contribution >= 0.6 is 11.6 Å². The lowest BCUT2D eigenvalue weighted by Crippen LogP contribution is -2.18. The number of benzene rings is 1. The summed E-state index contributed by atoms with van der Waals surface area (Å²) in [5, 5.41) is 11.3. The lowest BCUT2D eigenvalue weighted by atomic mass is 10.2. The van der Waals surface area contributed by atoms with E-state index < -0.39 is 0 Å². The Labute approximate surface area is 107 Å². The minimum absolute atomic E-state index is 0.0769. The predicted octanol–water partition coefficient (Wildman–Crippen LogP) is 2.51. The molecule has 1 unspecified atom stereocenters. The number of hydrogen-bond acceptors (Lipinski definition) is 2. The Balaban J connectivity index is 2.81. The van der Waals surface area contributed by atoms with Crippen molar-refractivity contribution >= 4 is 33.4 Å². The van der Waals surface area contributed by atoms with Crippen LogP contribution in [0.3, 0.4) is 0 Å². The molecule has 3 nitrogen and oxygen atoms in total. The molecule has 17 heavy (non-hydrogen) atoms. The van der Waals surface area contributed by atoms with Crippen molar-refractivity contribution in [2.75, 3.05) is 12.0 Å². The first-order valence-electron chi connectivity index (χ1n) is 5.21. The molecule has 90 valence electrons. The molecule has 0 amide bonds. The topological polar surface area (TPSA) is 53.1 Å². The van der Waals surface area contributed by atoms with Gasteiger partial charge in [0.1, 0.15) is 12.0 Å². The average Bonchev–Trinajstić information content (AvgIpc) is 2.28. The van der Waals surface area contributed by atoms with Gasteiger partial charge in [-0.05, 0) is 25.1 Å². The van der Waals surface area contributed by atoms with Crippen LogP contribution in [0.2, 0.25) is 5.02 Å². The van der Waals surface area contributed by atoms with E-state index in [1.807, 2.05) is 13.2 Å². The minimum atomic E-state index is -0.252. The van der Waals surface area contributed by atoms with Gasteiger partial charge in [-0.3, -0.25) is 4.79 Å². The summed E-state index contributed by atoms with van der Waals surface area (Å²) in [6.45, 7) is 1.99. The second-order valence-electron chi connectivity index (χ2n) is 3.75. The summed E-state index contributed by atoms with van der Waals surface area (Å²) in [6.07, 6.45) is 1.95. The van der Waals surface area contributed by atoms with Crippen LogP contribution in [0.5, 0.6) is 5.75 Å². The van der Waals surface area contributed by atoms with Crippen molar-refractivity contribution in [1.29, 1.82) is 0 Å². The number of hydrogen-bond donors (Lipinski definition) is 2. The zero-order valence-electron chi connectivity index (χ0n) is 9.58. The lowest BCUT2D eigenvalue weighted by Gasteiger charge is -2.05. The second kappa shape index (κ2) is 4.63. The molecule has 2 N–H and O–H groups in total. The molecule has 0 spiro atoms. The Hall–Kier alpha value is -1.13. The standard InChI is InChI=1S/C12H12ClNO2S/c1-3-17(2)11-10(15)8-5-4-7(13)6-9(8)14-12(11)16/h4-6H,3H2,1-2H3,(H-,14,15,16)/p+1. The van der Waals surface area contributed by atoms with E-state index in [0.29, 0.717) is 20.8 Å². The van der Waals surface area contributed by atoms with Gasteiger partial charge in [0.15, 0.2) is 5.75 Å². The van der Waals surface area contributed by atoms with Crippen molar-refractivity contribution in [3.05, 3.63) is 33.6 Å². The fourth-order valence-electron chi connectivity index (χ4n) is 1.70. The number of fused-ring (bicyclic) bond motifs is 1. The van der Waals surface area contributed by atoms with Gasteiger partial charge >= 0.3 is 5.56 Å². The van der Waals surface area contributed by atoms with E-state index >= 15 is 0 Å². The highest BCUT2D eigenvalue weighted by Crippen LogP contribution is 2.29. The number of nitrogens with one attached hydrogen (secondary N) is 1. The number of aromatic nitrogens is 1. The predicted molar refractivity (Wildman–Crippen MR) is 73.3 cm³/mol. The molecule has 1 atom stereocenters. The number of rotatable bonds is 2. The van der Waals surface area contributed by atoms with Gasteiger partial charge in [-0.15, -0.1) is 0 Å². The summed E-state index contributed by atoms with van der Waals surface area (Å²) in [7, 11) is -0.252. The maximum atomic E-state index is 11.9. The average molecular weight is 271 g/mol. The number of H-pyrrole nitrogens is 1. The molecular weight excluding hydrogens is 258 g/mol. The third-order valence-corrected chi connectivity index (χ3v) is 4.86. The number of halogens is 1. The molecule has 0 aliphatic heterocycles. The van der Waals surface area contributed by atoms with Gasteiger partial charge < -0.3 is 10.1 Å². The smallest absolute Gasteiger partial charge is 0.307 e. The fraction of sp³-hybridized carbons (Fsp3) is 0.250. The van der Waals surface area contributed by atoms with Gasteiger partial charge in [-0.2, -0.15) is 0 Å². The molecule has 0 aliphatic rings. The van der Waals surface area contributed by atoms with E-state index in [1.54, 1.807) is 18.2 Å². The van der Waals surface area contributed by atoms with Gasteiger partial charge in [0, 0.05) is 21.3 Å². The highest BCUT2D eigenvalue weighted by Gasteiger charge is 2.24. The fourth-order valence-corrected chi connectivity index (χ4v) is 2.97. The van der Waals surface area contributed by atoms with Crippen molar-refractivity contribution in [2.24, 2.45) is 0 Å². The number of aromatic hydroxyl groups is 1. The molecule has 0 bridgehead atoms. The SMILES string of the molecule is CC[S+](C)c1c(O)c2ccc(Cl)cc2[nH]c1=O. The largest absolute Gasteiger partial charge is 0.503 e. The second-order valence-corrected chi connectivity index (χ2v) is 6.44. The molecule has 2 rings (SSSR count). The molecule has 0 saturated heterocycles. The monoisotopic (exact) mass is 270 g/mol. The van der Waals surface area contributed by atoms with Crippen molar-refractivity contribution < 1.29 is 5.11 Å². The summed E-state index contributed by atoms with van der Waals surface area (Å²) in [5.74, 6) is 0.906. The zero-order valence-corrected chi connectivity index (χ0v) is 11.2. The summed E-state index contributed by atoms with van der Waals surface area (Å²) in [4.78, 5) is 15.2. The van der Waals surface area contributed by atoms with E-state index in [-0.39, 0.29) is 22.2 Å². The molecular formula is C12H13ClNO2S+. The van der Waals surface area contributed by atoms with Crippen LogP contribution in [0.25, 0.3) is 10.9 Å². The van der Waals surface area contributed by atoms with Gasteiger partial charge in [-0.25, -0.2) is 0 Å². The van der Waals surface area contributed by atoms with E-state index in [0.717, 1.165) is 5.75 Å². The van der Waals surface area contributed by atoms with E-state index in [4.69, 9.17) is 11.6 Å². The van der Waals surface area contributed by atoms with Crippen LogP contribution in [0.4, 0.5) is 0 Å². The van der Waals surface area contributed by atoms with Gasteiger partial charge in [0.25, 0.3) is 4.90 Å². The third-order valence-electron chi connectivity index (χ3n) is 2.69. The van der Waals surface area contributed by atoms with Gasteiger partial charge in [0.2, 0.25) is 0 Å². The highest BCUT2D eigenvalue weighted by atomic mass is 35.5. The van der Waals surface area contributed by atoms with E-state index in [9.17, 15) is 9.90 Å². The summed E-state index contributed by atoms with van der Waals surface area (Å²) in [5.41, 5.74) is 0.335. The van der Waals surface area contributed by atoms with Crippen molar-refractivity contribution in [1.82, 2.24) is 4.98 Å². The quantitative estimate of drug-likeness (QED) is 0.824. The van der Waals surface area contributed by atoms with Crippen LogP contribution in [0, 0.1) is 0 Å². The van der Waals surface area contributed by atoms with Crippen LogP contribution < -0.4 is 5.56 Å². The summed E-state index contributed by atoms with van der Waals surface area (Å²) in [6, 6.07) is 5.06. The van der Waals surface area contributed by atoms with E-state index in [1.165, 1.54) is 0 Å². The molecule has 5 heteroatoms. The highest BCUT2D eigenvalue weighted by molar-refractivity contribution is 7.96. The Morgan fingerprint density at radius 2 is 2.18 bits per heavy atom. The van der Waals surface area contributed by atoms with Crippen LogP contribution in [-0.4, -0.2) is 22.1 Å². The van der Waals surface area contributed by atoms with Gasteiger partial charge in [-0.1, -0.05) is 11.6 Å². The Kier molecular flexibility index (Phi) is 3.35. The number of pyridine rings is 1. The summed E-state index contributed by atoms with van der Waals surface area (Å²) < 4.78 is 0. The summed E-state index contributed by atoms with van der Waals surface area (Å²) >= 11 is 5.85. The Bertz CT molecular complexity index is 624. The maximum Gasteiger partial charge on any atom is 0.307 e. The first-order valence-corrected chi connectivity index (χ1v) is 7.39. The van der Waals surface area contributed by atoms with Crippen LogP contribution in [0.15, 0.2) is 27.9 Å². The molecule has 1 aromatic carbocycles. The zero-order chi connectivity index (χ0) is 12.6.